The van der Waals surface area contributed by atoms with Crippen molar-refractivity contribution in [3.63, 3.8) is 0 Å². The number of hydrogen-bond donors (Lipinski definition) is 1. The molecule has 0 saturated carbocycles. The Bertz CT molecular complexity index is 592. The number of hydrogen-bond acceptors (Lipinski definition) is 3. The second kappa shape index (κ2) is 4.92. The Labute approximate surface area is 118 Å². The van der Waals surface area contributed by atoms with Crippen molar-refractivity contribution in [1.82, 2.24) is 4.98 Å². The lowest BCUT2D eigenvalue weighted by molar-refractivity contribution is 0.109. The summed E-state index contributed by atoms with van der Waals surface area (Å²) in [6, 6.07) is 5.76. The highest BCUT2D eigenvalue weighted by molar-refractivity contribution is 9.10. The van der Waals surface area contributed by atoms with Crippen molar-refractivity contribution in [3.8, 4) is 11.3 Å². The predicted molar refractivity (Wildman–Crippen MR) is 78.0 cm³/mol. The largest absolute Gasteiger partial charge is 0.281 e. The highest BCUT2D eigenvalue weighted by Gasteiger charge is 2.17. The van der Waals surface area contributed by atoms with Gasteiger partial charge in [0.1, 0.15) is 4.60 Å². The van der Waals surface area contributed by atoms with Gasteiger partial charge in [0, 0.05) is 10.4 Å². The molecule has 0 amide bonds. The zero-order chi connectivity index (χ0) is 12.6. The van der Waals surface area contributed by atoms with Gasteiger partial charge in [0.05, 0.1) is 10.6 Å². The number of rotatable bonds is 2. The van der Waals surface area contributed by atoms with Gasteiger partial charge in [-0.05, 0) is 47.5 Å². The van der Waals surface area contributed by atoms with Gasteiger partial charge in [-0.2, -0.15) is 0 Å². The number of aryl methyl sites for hydroxylation is 1. The quantitative estimate of drug-likeness (QED) is 0.659. The molecule has 0 bridgehead atoms. The second-order valence-corrected chi connectivity index (χ2v) is 6.08. The van der Waals surface area contributed by atoms with Gasteiger partial charge < -0.3 is 0 Å². The number of carbonyl (C=O) groups excluding carboxylic acids is 1. The van der Waals surface area contributed by atoms with Gasteiger partial charge in [-0.3, -0.25) is 4.79 Å². The van der Waals surface area contributed by atoms with Crippen LogP contribution in [0, 0.1) is 13.8 Å². The molecule has 5 heteroatoms. The summed E-state index contributed by atoms with van der Waals surface area (Å²) >= 11 is 8.72. The Kier molecular flexibility index (Phi) is 3.70. The normalized spacial score (nSPS) is 10.6. The Morgan fingerprint density at radius 1 is 1.41 bits per heavy atom. The first-order valence-corrected chi connectivity index (χ1v) is 7.02. The molecule has 2 rings (SSSR count). The maximum absolute atomic E-state index is 11.4. The third-order valence-electron chi connectivity index (χ3n) is 2.49. The van der Waals surface area contributed by atoms with Gasteiger partial charge in [-0.25, -0.2) is 4.98 Å². The molecule has 2 aromatic rings. The summed E-state index contributed by atoms with van der Waals surface area (Å²) in [6.07, 6.45) is 0. The summed E-state index contributed by atoms with van der Waals surface area (Å²) < 4.78 is 0.791. The smallest absolute Gasteiger partial charge is 0.226 e. The molecular weight excluding hydrogens is 318 g/mol. The van der Waals surface area contributed by atoms with Gasteiger partial charge in [0.2, 0.25) is 5.12 Å². The lowest BCUT2D eigenvalue weighted by atomic mass is 10.1. The number of carbonyl (C=O) groups is 1. The molecule has 0 aliphatic heterocycles. The maximum atomic E-state index is 11.4. The number of pyridine rings is 1. The van der Waals surface area contributed by atoms with E-state index in [1.165, 1.54) is 11.3 Å². The van der Waals surface area contributed by atoms with Crippen LogP contribution in [0.15, 0.2) is 22.8 Å². The van der Waals surface area contributed by atoms with Crippen molar-refractivity contribution in [2.75, 3.05) is 0 Å². The van der Waals surface area contributed by atoms with Crippen molar-refractivity contribution in [1.29, 1.82) is 0 Å². The Morgan fingerprint density at radius 3 is 2.65 bits per heavy atom. The summed E-state index contributed by atoms with van der Waals surface area (Å²) in [7, 11) is 0. The van der Waals surface area contributed by atoms with Crippen LogP contribution in [0.2, 0.25) is 0 Å². The molecular formula is C12H10BrNOS2. The van der Waals surface area contributed by atoms with E-state index in [1.54, 1.807) is 0 Å². The summed E-state index contributed by atoms with van der Waals surface area (Å²) in [5, 5.41) is -0.183. The fourth-order valence-corrected chi connectivity index (χ4v) is 3.44. The minimum Gasteiger partial charge on any atom is -0.281 e. The SMILES string of the molecule is Cc1sc(C(=O)S)c(C)c1-c1cccc(Br)n1. The zero-order valence-corrected chi connectivity index (χ0v) is 12.6. The molecule has 88 valence electrons. The molecule has 2 heterocycles. The third kappa shape index (κ3) is 2.46. The summed E-state index contributed by atoms with van der Waals surface area (Å²) in [5.41, 5.74) is 2.87. The first kappa shape index (κ1) is 12.8. The fourth-order valence-electron chi connectivity index (χ4n) is 1.78. The van der Waals surface area contributed by atoms with E-state index in [0.717, 1.165) is 26.3 Å². The van der Waals surface area contributed by atoms with E-state index in [1.807, 2.05) is 32.0 Å². The van der Waals surface area contributed by atoms with Crippen LogP contribution in [-0.4, -0.2) is 10.1 Å². The van der Waals surface area contributed by atoms with Gasteiger partial charge in [-0.15, -0.1) is 11.3 Å². The molecule has 0 saturated heterocycles. The molecule has 0 fully saturated rings. The summed E-state index contributed by atoms with van der Waals surface area (Å²) in [5.74, 6) is 0. The molecule has 0 N–H and O–H groups in total. The monoisotopic (exact) mass is 327 g/mol. The van der Waals surface area contributed by atoms with Crippen molar-refractivity contribution < 1.29 is 4.79 Å². The van der Waals surface area contributed by atoms with Crippen LogP contribution < -0.4 is 0 Å². The van der Waals surface area contributed by atoms with Crippen molar-refractivity contribution >= 4 is 45.0 Å². The average molecular weight is 328 g/mol. The number of thiol groups is 1. The van der Waals surface area contributed by atoms with E-state index in [9.17, 15) is 4.79 Å². The molecule has 0 aromatic carbocycles. The standard InChI is InChI=1S/C12H10BrNOS2/c1-6-10(7(2)17-11(6)12(15)16)8-4-3-5-9(13)14-8/h3-5H,1-2H3,(H,15,16). The van der Waals surface area contributed by atoms with Gasteiger partial charge in [0.25, 0.3) is 0 Å². The number of aromatic nitrogens is 1. The molecule has 0 spiro atoms. The average Bonchev–Trinajstić information content (AvgIpc) is 2.54. The molecule has 0 radical (unpaired) electrons. The molecule has 2 aromatic heterocycles. The van der Waals surface area contributed by atoms with Crippen LogP contribution >= 0.6 is 39.9 Å². The van der Waals surface area contributed by atoms with E-state index in [4.69, 9.17) is 0 Å². The van der Waals surface area contributed by atoms with E-state index in [2.05, 4.69) is 33.5 Å². The lowest BCUT2D eigenvalue weighted by Gasteiger charge is -2.02. The van der Waals surface area contributed by atoms with Gasteiger partial charge in [0.15, 0.2) is 0 Å². The second-order valence-electron chi connectivity index (χ2n) is 3.64. The highest BCUT2D eigenvalue weighted by atomic mass is 79.9. The summed E-state index contributed by atoms with van der Waals surface area (Å²) in [4.78, 5) is 17.6. The molecule has 0 aliphatic rings. The molecule has 0 unspecified atom stereocenters. The molecule has 0 atom stereocenters. The van der Waals surface area contributed by atoms with E-state index < -0.39 is 0 Å². The topological polar surface area (TPSA) is 30.0 Å². The van der Waals surface area contributed by atoms with Gasteiger partial charge >= 0.3 is 0 Å². The van der Waals surface area contributed by atoms with Crippen molar-refractivity contribution in [2.45, 2.75) is 13.8 Å². The number of thiophene rings is 1. The molecule has 2 nitrogen and oxygen atoms in total. The van der Waals surface area contributed by atoms with Crippen LogP contribution in [0.4, 0.5) is 0 Å². The van der Waals surface area contributed by atoms with Crippen LogP contribution in [0.5, 0.6) is 0 Å². The van der Waals surface area contributed by atoms with Crippen LogP contribution in [0.1, 0.15) is 20.1 Å². The zero-order valence-electron chi connectivity index (χ0n) is 9.32. The van der Waals surface area contributed by atoms with Crippen molar-refractivity contribution in [2.24, 2.45) is 0 Å². The molecule has 0 aliphatic carbocycles. The predicted octanol–water partition coefficient (Wildman–Crippen LogP) is 4.26. The minimum atomic E-state index is -0.183. The first-order valence-electron chi connectivity index (χ1n) is 4.97. The number of halogens is 1. The Hall–Kier alpha value is -0.650. The van der Waals surface area contributed by atoms with Crippen LogP contribution in [-0.2, 0) is 0 Å². The van der Waals surface area contributed by atoms with Gasteiger partial charge in [-0.1, -0.05) is 18.7 Å². The third-order valence-corrected chi connectivity index (χ3v) is 4.51. The lowest BCUT2D eigenvalue weighted by Crippen LogP contribution is -1.90. The highest BCUT2D eigenvalue weighted by Crippen LogP contribution is 2.35. The Balaban J connectivity index is 2.64. The maximum Gasteiger partial charge on any atom is 0.226 e. The Morgan fingerprint density at radius 2 is 2.12 bits per heavy atom. The fraction of sp³-hybridized carbons (Fsp3) is 0.167. The first-order chi connectivity index (χ1) is 8.00. The van der Waals surface area contributed by atoms with E-state index in [0.29, 0.717) is 4.88 Å². The van der Waals surface area contributed by atoms with Crippen molar-refractivity contribution in [3.05, 3.63) is 38.1 Å². The van der Waals surface area contributed by atoms with E-state index >= 15 is 0 Å². The number of nitrogens with zero attached hydrogens (tertiary/aromatic N) is 1. The van der Waals surface area contributed by atoms with Crippen LogP contribution in [0.3, 0.4) is 0 Å². The molecule has 17 heavy (non-hydrogen) atoms. The van der Waals surface area contributed by atoms with E-state index in [-0.39, 0.29) is 5.12 Å². The van der Waals surface area contributed by atoms with Crippen LogP contribution in [0.25, 0.3) is 11.3 Å². The summed E-state index contributed by atoms with van der Waals surface area (Å²) in [6.45, 7) is 3.93. The minimum absolute atomic E-state index is 0.183.